The summed E-state index contributed by atoms with van der Waals surface area (Å²) in [7, 11) is 0. The number of rotatable bonds is 42. The number of imide groups is 1. The zero-order valence-corrected chi connectivity index (χ0v) is 47.1. The van der Waals surface area contributed by atoms with Crippen molar-refractivity contribution >= 4 is 64.4 Å². The Bertz CT molecular complexity index is 2390. The van der Waals surface area contributed by atoms with Gasteiger partial charge in [-0.3, -0.25) is 43.5 Å². The van der Waals surface area contributed by atoms with Gasteiger partial charge in [-0.15, -0.1) is 0 Å². The number of fused-ring (bicyclic) bond motifs is 2. The zero-order chi connectivity index (χ0) is 57.5. The number of ketones is 1. The Kier molecular flexibility index (Phi) is 29.2. The van der Waals surface area contributed by atoms with Gasteiger partial charge >= 0.3 is 0 Å². The van der Waals surface area contributed by atoms with E-state index in [1.807, 2.05) is 57.5 Å². The molecule has 3 heterocycles. The maximum Gasteiger partial charge on any atom is 0.260 e. The second-order valence-corrected chi connectivity index (χ2v) is 19.6. The van der Waals surface area contributed by atoms with E-state index in [4.69, 9.17) is 47.6 Å². The fourth-order valence-corrected chi connectivity index (χ4v) is 8.35. The lowest BCUT2D eigenvalue weighted by Gasteiger charge is -2.23. The SMILES string of the molecule is CCCCOc1cc2c(cc1C)C(=O)N1C=C(c3ccc(NC(=O)[C@H](C)CC(=O)[C@@H](NC(=O)CCOCCOCCOCCOCCOCCOCCOCCOCCNC(=O)CCN4C(=O)C=CC4=O)C(C)C)cc3)C[C@H]1C=N2. The number of anilines is 1. The molecule has 3 aliphatic heterocycles. The maximum absolute atomic E-state index is 13.7. The summed E-state index contributed by atoms with van der Waals surface area (Å²) in [6.07, 6.45) is 8.68. The number of carbonyl (C=O) groups is 7. The highest BCUT2D eigenvalue weighted by Crippen LogP contribution is 2.37. The van der Waals surface area contributed by atoms with Gasteiger partial charge in [-0.25, -0.2) is 0 Å². The van der Waals surface area contributed by atoms with Gasteiger partial charge in [0.1, 0.15) is 5.75 Å². The van der Waals surface area contributed by atoms with E-state index in [1.54, 1.807) is 24.0 Å². The number of amides is 6. The number of benzene rings is 2. The lowest BCUT2D eigenvalue weighted by Crippen LogP contribution is -2.45. The van der Waals surface area contributed by atoms with Gasteiger partial charge in [0.2, 0.25) is 17.7 Å². The average Bonchev–Trinajstić information content (AvgIpc) is 3.98. The van der Waals surface area contributed by atoms with Gasteiger partial charge in [0, 0.05) is 81.0 Å². The van der Waals surface area contributed by atoms with Crippen molar-refractivity contribution < 1.29 is 76.2 Å². The van der Waals surface area contributed by atoms with Crippen LogP contribution in [-0.2, 0) is 66.7 Å². The summed E-state index contributed by atoms with van der Waals surface area (Å²) in [4.78, 5) is 95.4. The van der Waals surface area contributed by atoms with Crippen molar-refractivity contribution in [3.63, 3.8) is 0 Å². The molecule has 0 fully saturated rings. The Hall–Kier alpha value is -6.24. The van der Waals surface area contributed by atoms with Crippen LogP contribution in [0, 0.1) is 18.8 Å². The molecule has 0 aliphatic carbocycles. The molecule has 22 heteroatoms. The largest absolute Gasteiger partial charge is 0.493 e. The maximum atomic E-state index is 13.7. The number of aliphatic imine (C=N–C) groups is 1. The minimum absolute atomic E-state index is 0.0346. The van der Waals surface area contributed by atoms with E-state index in [0.29, 0.717) is 129 Å². The molecule has 0 radical (unpaired) electrons. The van der Waals surface area contributed by atoms with Gasteiger partial charge in [-0.05, 0) is 54.2 Å². The monoisotopic (exact) mass is 1120 g/mol. The average molecular weight is 1120 g/mol. The Morgan fingerprint density at radius 2 is 1.24 bits per heavy atom. The van der Waals surface area contributed by atoms with E-state index in [9.17, 15) is 33.6 Å². The van der Waals surface area contributed by atoms with Crippen molar-refractivity contribution in [1.82, 2.24) is 20.4 Å². The molecule has 3 atom stereocenters. The summed E-state index contributed by atoms with van der Waals surface area (Å²) < 4.78 is 49.9. The van der Waals surface area contributed by atoms with Crippen LogP contribution in [0.3, 0.4) is 0 Å². The predicted octanol–water partition coefficient (Wildman–Crippen LogP) is 4.77. The molecule has 0 saturated carbocycles. The minimum atomic E-state index is -0.757. The standard InChI is InChI=1S/C58H82N6O16/c1-6-7-18-80-51-38-49-48(35-42(51)4)58(71)64-40-45(37-47(64)39-60-49)44-8-10-46(11-9-44)61-57(70)43(5)36-50(65)56(41(2)3)62-53(67)15-19-72-21-23-74-25-27-76-29-31-78-33-34-79-32-30-77-28-26-75-24-22-73-20-16-59-52(66)14-17-63-54(68)12-13-55(63)69/h8-13,35,38-41,43,47,56H,6-7,14-34,36-37H2,1-5H3,(H,59,66)(H,61,70)(H,62,67)/t43-,47+,56+/m1/s1. The lowest BCUT2D eigenvalue weighted by atomic mass is 9.92. The first kappa shape index (κ1) is 64.6. The summed E-state index contributed by atoms with van der Waals surface area (Å²) in [5.41, 5.74) is 4.49. The first-order valence-corrected chi connectivity index (χ1v) is 27.8. The summed E-state index contributed by atoms with van der Waals surface area (Å²) in [6, 6.07) is 10.1. The number of nitrogens with one attached hydrogen (secondary N) is 3. The van der Waals surface area contributed by atoms with Crippen LogP contribution in [0.4, 0.5) is 11.4 Å². The highest BCUT2D eigenvalue weighted by atomic mass is 16.6. The van der Waals surface area contributed by atoms with Crippen molar-refractivity contribution in [2.24, 2.45) is 16.8 Å². The Labute approximate surface area is 469 Å². The summed E-state index contributed by atoms with van der Waals surface area (Å²) in [5, 5.41) is 8.41. The molecule has 0 aromatic heterocycles. The van der Waals surface area contributed by atoms with Crippen LogP contribution in [0.5, 0.6) is 5.75 Å². The number of aryl methyl sites for hydroxylation is 1. The number of unbranched alkanes of at least 4 members (excludes halogenated alkanes) is 1. The third-order valence-electron chi connectivity index (χ3n) is 12.9. The zero-order valence-electron chi connectivity index (χ0n) is 47.1. The second kappa shape index (κ2) is 36.2. The van der Waals surface area contributed by atoms with Crippen LogP contribution < -0.4 is 20.7 Å². The number of Topliss-reactive ketones (excluding diaryl/α,β-unsaturated/α-hetero) is 1. The molecule has 5 rings (SSSR count). The van der Waals surface area contributed by atoms with Gasteiger partial charge in [0.15, 0.2) is 5.78 Å². The fourth-order valence-electron chi connectivity index (χ4n) is 8.35. The van der Waals surface area contributed by atoms with E-state index in [2.05, 4.69) is 22.9 Å². The van der Waals surface area contributed by atoms with Crippen LogP contribution in [0.15, 0.2) is 59.7 Å². The Morgan fingerprint density at radius 3 is 1.79 bits per heavy atom. The lowest BCUT2D eigenvalue weighted by molar-refractivity contribution is -0.137. The number of carbonyl (C=O) groups excluding carboxylic acids is 7. The molecule has 2 aromatic rings. The van der Waals surface area contributed by atoms with Gasteiger partial charge in [-0.2, -0.15) is 0 Å². The molecule has 22 nitrogen and oxygen atoms in total. The number of hydrogen-bond acceptors (Lipinski definition) is 17. The Morgan fingerprint density at radius 1 is 0.688 bits per heavy atom. The second-order valence-electron chi connectivity index (χ2n) is 19.6. The normalized spacial score (nSPS) is 15.4. The van der Waals surface area contributed by atoms with Gasteiger partial charge in [-0.1, -0.05) is 46.2 Å². The van der Waals surface area contributed by atoms with Crippen LogP contribution in [-0.4, -0.2) is 195 Å². The van der Waals surface area contributed by atoms with Crippen LogP contribution in [0.25, 0.3) is 5.57 Å². The van der Waals surface area contributed by atoms with Gasteiger partial charge in [0.05, 0.1) is 136 Å². The fraction of sp³-hybridized carbons (Fsp3) is 0.586. The van der Waals surface area contributed by atoms with E-state index in [-0.39, 0.29) is 80.4 Å². The van der Waals surface area contributed by atoms with Gasteiger partial charge in [0.25, 0.3) is 17.7 Å². The molecule has 3 N–H and O–H groups in total. The topological polar surface area (TPSA) is 257 Å². The molecule has 0 bridgehead atoms. The molecule has 3 aliphatic rings. The highest BCUT2D eigenvalue weighted by Gasteiger charge is 2.34. The molecule has 80 heavy (non-hydrogen) atoms. The van der Waals surface area contributed by atoms with E-state index < -0.39 is 23.8 Å². The number of hydrogen-bond donors (Lipinski definition) is 3. The predicted molar refractivity (Wildman–Crippen MR) is 298 cm³/mol. The van der Waals surface area contributed by atoms with Crippen molar-refractivity contribution in [2.75, 3.05) is 131 Å². The molecule has 0 spiro atoms. The van der Waals surface area contributed by atoms with Crippen molar-refractivity contribution in [3.8, 4) is 5.75 Å². The molecular formula is C58H82N6O16. The molecular weight excluding hydrogens is 1040 g/mol. The quantitative estimate of drug-likeness (QED) is 0.0597. The first-order chi connectivity index (χ1) is 38.7. The Balaban J connectivity index is 0.801. The van der Waals surface area contributed by atoms with Crippen molar-refractivity contribution in [3.05, 3.63) is 71.4 Å². The number of nitrogens with zero attached hydrogens (tertiary/aromatic N) is 3. The summed E-state index contributed by atoms with van der Waals surface area (Å²) in [6.45, 7) is 16.3. The smallest absolute Gasteiger partial charge is 0.260 e. The third-order valence-corrected chi connectivity index (χ3v) is 12.9. The van der Waals surface area contributed by atoms with Crippen LogP contribution in [0.2, 0.25) is 0 Å². The summed E-state index contributed by atoms with van der Waals surface area (Å²) in [5.74, 6) is -2.18. The molecule has 0 unspecified atom stereocenters. The first-order valence-electron chi connectivity index (χ1n) is 27.8. The minimum Gasteiger partial charge on any atom is -0.493 e. The highest BCUT2D eigenvalue weighted by molar-refractivity contribution is 6.13. The molecule has 6 amide bonds. The molecule has 0 saturated heterocycles. The van der Waals surface area contributed by atoms with Crippen molar-refractivity contribution in [2.45, 2.75) is 85.2 Å². The van der Waals surface area contributed by atoms with E-state index in [0.717, 1.165) is 40.2 Å². The van der Waals surface area contributed by atoms with E-state index in [1.165, 1.54) is 12.2 Å². The van der Waals surface area contributed by atoms with E-state index >= 15 is 0 Å². The van der Waals surface area contributed by atoms with Crippen LogP contribution in [0.1, 0.15) is 87.7 Å². The molecule has 440 valence electrons. The number of ether oxygens (including phenoxy) is 9. The summed E-state index contributed by atoms with van der Waals surface area (Å²) >= 11 is 0. The third kappa shape index (κ3) is 22.7. The van der Waals surface area contributed by atoms with Crippen molar-refractivity contribution in [1.29, 1.82) is 0 Å². The van der Waals surface area contributed by atoms with Gasteiger partial charge < -0.3 is 63.5 Å². The molecule has 2 aromatic carbocycles. The van der Waals surface area contributed by atoms with Crippen LogP contribution >= 0.6 is 0 Å².